The van der Waals surface area contributed by atoms with E-state index in [9.17, 15) is 4.79 Å². The van der Waals surface area contributed by atoms with Crippen LogP contribution in [0.5, 0.6) is 5.75 Å². The SMILES string of the molecule is N=C1/N=C(\N)NC2(CC2)c2ccc(cc2)OCCCCNC(=O)c2ccc(cc2)N1. The van der Waals surface area contributed by atoms with E-state index in [1.807, 2.05) is 24.3 Å². The predicted molar refractivity (Wildman–Crippen MR) is 117 cm³/mol. The normalized spacial score (nSPS) is 20.7. The molecule has 0 unspecified atom stereocenters. The molecule has 1 aliphatic carbocycles. The van der Waals surface area contributed by atoms with Crippen LogP contribution in [0.4, 0.5) is 5.69 Å². The van der Waals surface area contributed by atoms with Gasteiger partial charge in [0.2, 0.25) is 5.96 Å². The van der Waals surface area contributed by atoms with E-state index in [2.05, 4.69) is 20.9 Å². The lowest BCUT2D eigenvalue weighted by Gasteiger charge is -2.19. The van der Waals surface area contributed by atoms with Crippen LogP contribution in [0.15, 0.2) is 53.5 Å². The van der Waals surface area contributed by atoms with Crippen molar-refractivity contribution >= 4 is 23.5 Å². The van der Waals surface area contributed by atoms with Gasteiger partial charge in [0.05, 0.1) is 12.1 Å². The largest absolute Gasteiger partial charge is 0.494 e. The minimum Gasteiger partial charge on any atom is -0.494 e. The third-order valence-corrected chi connectivity index (χ3v) is 5.29. The van der Waals surface area contributed by atoms with Crippen molar-refractivity contribution in [2.45, 2.75) is 31.2 Å². The number of anilines is 1. The molecular formula is C22H26N6O2. The standard InChI is InChI=1S/C22H26N6O2/c23-20-26-17-7-3-15(4-8-17)19(29)25-13-1-2-14-30-18-9-5-16(6-10-18)22(11-12-22)28-21(24)27-20/h3-10H,1-2,11-14H2,(H,25,29)(H5,23,24,26,27,28). The summed E-state index contributed by atoms with van der Waals surface area (Å²) < 4.78 is 5.81. The first-order valence-electron chi connectivity index (χ1n) is 10.1. The van der Waals surface area contributed by atoms with E-state index in [1.54, 1.807) is 24.3 Å². The maximum absolute atomic E-state index is 12.2. The average molecular weight is 406 g/mol. The molecule has 1 spiro atoms. The lowest BCUT2D eigenvalue weighted by atomic mass is 10.1. The summed E-state index contributed by atoms with van der Waals surface area (Å²) in [6.45, 7) is 1.19. The second-order valence-corrected chi connectivity index (χ2v) is 7.59. The van der Waals surface area contributed by atoms with Gasteiger partial charge in [-0.3, -0.25) is 10.2 Å². The molecular weight excluding hydrogens is 380 g/mol. The van der Waals surface area contributed by atoms with Gasteiger partial charge in [0.25, 0.3) is 5.91 Å². The Hall–Kier alpha value is -3.55. The van der Waals surface area contributed by atoms with Crippen LogP contribution in [-0.4, -0.2) is 31.0 Å². The summed E-state index contributed by atoms with van der Waals surface area (Å²) in [4.78, 5) is 16.4. The summed E-state index contributed by atoms with van der Waals surface area (Å²) in [7, 11) is 0. The summed E-state index contributed by atoms with van der Waals surface area (Å²) in [5, 5.41) is 17.1. The molecule has 8 heteroatoms. The van der Waals surface area contributed by atoms with Gasteiger partial charge in [-0.15, -0.1) is 0 Å². The smallest absolute Gasteiger partial charge is 0.251 e. The highest BCUT2D eigenvalue weighted by molar-refractivity contribution is 6.00. The van der Waals surface area contributed by atoms with Crippen LogP contribution in [0.2, 0.25) is 0 Å². The fraction of sp³-hybridized carbons (Fsp3) is 0.318. The second kappa shape index (κ2) is 8.44. The number of hydrogen-bond acceptors (Lipinski definition) is 5. The maximum Gasteiger partial charge on any atom is 0.251 e. The fourth-order valence-corrected chi connectivity index (χ4v) is 3.47. The topological polar surface area (TPSA) is 125 Å². The average Bonchev–Trinajstić information content (AvgIpc) is 3.51. The number of nitrogens with one attached hydrogen (secondary N) is 4. The molecule has 30 heavy (non-hydrogen) atoms. The number of carbonyl (C=O) groups excluding carboxylic acids is 1. The van der Waals surface area contributed by atoms with Gasteiger partial charge in [-0.1, -0.05) is 12.1 Å². The van der Waals surface area contributed by atoms with Gasteiger partial charge in [-0.05, 0) is 67.6 Å². The van der Waals surface area contributed by atoms with Crippen molar-refractivity contribution in [1.82, 2.24) is 10.6 Å². The van der Waals surface area contributed by atoms with E-state index in [0.717, 1.165) is 37.0 Å². The van der Waals surface area contributed by atoms with Crippen LogP contribution in [0.1, 0.15) is 41.6 Å². The molecule has 4 heterocycles. The summed E-state index contributed by atoms with van der Waals surface area (Å²) in [6, 6.07) is 14.9. The predicted octanol–water partition coefficient (Wildman–Crippen LogP) is 2.53. The molecule has 1 fully saturated rings. The Morgan fingerprint density at radius 2 is 1.77 bits per heavy atom. The highest BCUT2D eigenvalue weighted by atomic mass is 16.5. The van der Waals surface area contributed by atoms with Crippen molar-refractivity contribution in [1.29, 1.82) is 5.41 Å². The molecule has 1 amide bonds. The highest BCUT2D eigenvalue weighted by Gasteiger charge is 2.44. The van der Waals surface area contributed by atoms with Gasteiger partial charge in [0.1, 0.15) is 5.75 Å². The molecule has 0 saturated heterocycles. The van der Waals surface area contributed by atoms with Crippen LogP contribution in [-0.2, 0) is 5.54 Å². The summed E-state index contributed by atoms with van der Waals surface area (Å²) in [5.74, 6) is 0.798. The molecule has 4 bridgehead atoms. The number of nitrogens with two attached hydrogens (primary N) is 1. The third-order valence-electron chi connectivity index (χ3n) is 5.29. The highest BCUT2D eigenvalue weighted by Crippen LogP contribution is 2.45. The van der Waals surface area contributed by atoms with Crippen molar-refractivity contribution in [2.24, 2.45) is 10.7 Å². The van der Waals surface area contributed by atoms with Crippen molar-refractivity contribution < 1.29 is 9.53 Å². The molecule has 5 aliphatic rings. The third kappa shape index (κ3) is 4.71. The molecule has 2 aromatic rings. The Morgan fingerprint density at radius 3 is 2.47 bits per heavy atom. The number of aliphatic imine (C=N–C) groups is 1. The number of carbonyl (C=O) groups is 1. The number of guanidine groups is 2. The monoisotopic (exact) mass is 406 g/mol. The zero-order valence-corrected chi connectivity index (χ0v) is 16.7. The number of nitrogens with zero attached hydrogens (tertiary/aromatic N) is 1. The van der Waals surface area contributed by atoms with Crippen molar-refractivity contribution in [2.75, 3.05) is 18.5 Å². The second-order valence-electron chi connectivity index (χ2n) is 7.59. The first-order chi connectivity index (χ1) is 14.5. The molecule has 0 atom stereocenters. The minimum absolute atomic E-state index is 0.0809. The lowest BCUT2D eigenvalue weighted by Crippen LogP contribution is -2.41. The Morgan fingerprint density at radius 1 is 1.03 bits per heavy atom. The van der Waals surface area contributed by atoms with E-state index >= 15 is 0 Å². The quantitative estimate of drug-likeness (QED) is 0.460. The van der Waals surface area contributed by atoms with Crippen LogP contribution in [0.25, 0.3) is 0 Å². The maximum atomic E-state index is 12.2. The van der Waals surface area contributed by atoms with Gasteiger partial charge in [0, 0.05) is 17.8 Å². The zero-order valence-electron chi connectivity index (χ0n) is 16.7. The number of hydrogen-bond donors (Lipinski definition) is 5. The van der Waals surface area contributed by atoms with Crippen LogP contribution in [0, 0.1) is 5.41 Å². The lowest BCUT2D eigenvalue weighted by molar-refractivity contribution is 0.0952. The summed E-state index contributed by atoms with van der Waals surface area (Å²) in [6.07, 6.45) is 3.59. The minimum atomic E-state index is -0.237. The molecule has 4 aliphatic heterocycles. The Kier molecular flexibility index (Phi) is 5.56. The zero-order chi connectivity index (χ0) is 21.0. The fourth-order valence-electron chi connectivity index (χ4n) is 3.47. The van der Waals surface area contributed by atoms with Crippen LogP contribution >= 0.6 is 0 Å². The van der Waals surface area contributed by atoms with E-state index in [0.29, 0.717) is 24.4 Å². The Bertz CT molecular complexity index is 949. The molecule has 156 valence electrons. The molecule has 7 rings (SSSR count). The first kappa shape index (κ1) is 19.8. The van der Waals surface area contributed by atoms with Crippen molar-refractivity contribution in [3.05, 3.63) is 59.7 Å². The summed E-state index contributed by atoms with van der Waals surface area (Å²) >= 11 is 0. The van der Waals surface area contributed by atoms with Gasteiger partial charge in [-0.2, -0.15) is 4.99 Å². The van der Waals surface area contributed by atoms with Gasteiger partial charge in [-0.25, -0.2) is 0 Å². The van der Waals surface area contributed by atoms with Gasteiger partial charge >= 0.3 is 0 Å². The number of rotatable bonds is 0. The van der Waals surface area contributed by atoms with Gasteiger partial charge < -0.3 is 26.4 Å². The van der Waals surface area contributed by atoms with E-state index in [1.165, 1.54) is 0 Å². The van der Waals surface area contributed by atoms with E-state index < -0.39 is 0 Å². The molecule has 0 aromatic heterocycles. The molecule has 6 N–H and O–H groups in total. The summed E-state index contributed by atoms with van der Waals surface area (Å²) in [5.41, 5.74) is 8.17. The molecule has 1 saturated carbocycles. The van der Waals surface area contributed by atoms with Crippen molar-refractivity contribution in [3.8, 4) is 5.75 Å². The number of benzene rings is 2. The van der Waals surface area contributed by atoms with Crippen molar-refractivity contribution in [3.63, 3.8) is 0 Å². The Labute approximate surface area is 175 Å². The molecule has 2 aromatic carbocycles. The van der Waals surface area contributed by atoms with Gasteiger partial charge in [0.15, 0.2) is 5.96 Å². The van der Waals surface area contributed by atoms with Crippen LogP contribution < -0.4 is 26.4 Å². The van der Waals surface area contributed by atoms with E-state index in [-0.39, 0.29) is 23.4 Å². The first-order valence-corrected chi connectivity index (χ1v) is 10.1. The molecule has 8 nitrogen and oxygen atoms in total. The Balaban J connectivity index is 1.53. The number of amides is 1. The van der Waals surface area contributed by atoms with Crippen LogP contribution in [0.3, 0.4) is 0 Å². The number of ether oxygens (including phenoxy) is 1. The van der Waals surface area contributed by atoms with E-state index in [4.69, 9.17) is 15.9 Å². The molecule has 0 radical (unpaired) electrons.